The zero-order valence-electron chi connectivity index (χ0n) is 15.6. The molecule has 0 aliphatic heterocycles. The summed E-state index contributed by atoms with van der Waals surface area (Å²) in [6, 6.07) is 12.0. The number of hydrogen-bond acceptors (Lipinski definition) is 5. The van der Waals surface area contributed by atoms with Gasteiger partial charge in [0.25, 0.3) is 11.5 Å². The van der Waals surface area contributed by atoms with E-state index < -0.39 is 0 Å². The number of aromatic nitrogens is 2. The minimum Gasteiger partial charge on any atom is -0.496 e. The fraction of sp³-hybridized carbons (Fsp3) is 0.250. The third kappa shape index (κ3) is 4.16. The van der Waals surface area contributed by atoms with E-state index in [1.165, 1.54) is 11.8 Å². The molecule has 3 aromatic rings. The minimum absolute atomic E-state index is 0.141. The summed E-state index contributed by atoms with van der Waals surface area (Å²) in [7, 11) is 3.05. The zero-order valence-corrected chi connectivity index (χ0v) is 16.3. The molecule has 7 nitrogen and oxygen atoms in total. The molecule has 1 aromatic heterocycles. The van der Waals surface area contributed by atoms with Gasteiger partial charge in [-0.05, 0) is 24.3 Å². The highest BCUT2D eigenvalue weighted by Gasteiger charge is 2.15. The van der Waals surface area contributed by atoms with Gasteiger partial charge < -0.3 is 14.8 Å². The first-order chi connectivity index (χ1) is 13.5. The van der Waals surface area contributed by atoms with Crippen LogP contribution >= 0.6 is 11.6 Å². The van der Waals surface area contributed by atoms with Crippen molar-refractivity contribution in [3.8, 4) is 5.75 Å². The molecule has 0 atom stereocenters. The molecule has 3 rings (SSSR count). The number of ether oxygens (including phenoxy) is 2. The third-order valence-corrected chi connectivity index (χ3v) is 4.51. The number of rotatable bonds is 7. The van der Waals surface area contributed by atoms with Crippen molar-refractivity contribution in [3.63, 3.8) is 0 Å². The smallest absolute Gasteiger partial charge is 0.274 e. The topological polar surface area (TPSA) is 82.4 Å². The Labute approximate surface area is 166 Å². The van der Waals surface area contributed by atoms with Crippen LogP contribution in [0.1, 0.15) is 16.1 Å². The Kier molecular flexibility index (Phi) is 6.28. The summed E-state index contributed by atoms with van der Waals surface area (Å²) in [5.74, 6) is 0.0738. The predicted molar refractivity (Wildman–Crippen MR) is 107 cm³/mol. The summed E-state index contributed by atoms with van der Waals surface area (Å²) < 4.78 is 11.6. The Balaban J connectivity index is 1.92. The number of fused-ring (bicyclic) bond motifs is 1. The van der Waals surface area contributed by atoms with Gasteiger partial charge in [-0.1, -0.05) is 29.8 Å². The Morgan fingerprint density at radius 1 is 1.18 bits per heavy atom. The van der Waals surface area contributed by atoms with Gasteiger partial charge in [0.15, 0.2) is 0 Å². The number of methoxy groups -OCH3 is 2. The molecule has 0 unspecified atom stereocenters. The van der Waals surface area contributed by atoms with Gasteiger partial charge in [-0.25, -0.2) is 4.68 Å². The second-order valence-electron chi connectivity index (χ2n) is 6.04. The average molecular weight is 402 g/mol. The van der Waals surface area contributed by atoms with Crippen LogP contribution in [0.3, 0.4) is 0 Å². The van der Waals surface area contributed by atoms with Gasteiger partial charge in [-0.2, -0.15) is 5.10 Å². The standard InChI is InChI=1S/C20H20ClN3O4/c1-27-10-9-24-20(26)15-6-4-3-5-14(15)17(23-24)12-22-19(25)16-11-13(21)7-8-18(16)28-2/h3-8,11H,9-10,12H2,1-2H3,(H,22,25). The lowest BCUT2D eigenvalue weighted by Crippen LogP contribution is -2.29. The van der Waals surface area contributed by atoms with Crippen molar-refractivity contribution >= 4 is 28.3 Å². The van der Waals surface area contributed by atoms with E-state index in [1.54, 1.807) is 37.4 Å². The van der Waals surface area contributed by atoms with Crippen LogP contribution in [0.25, 0.3) is 10.8 Å². The lowest BCUT2D eigenvalue weighted by Gasteiger charge is -2.13. The Morgan fingerprint density at radius 2 is 1.93 bits per heavy atom. The van der Waals surface area contributed by atoms with Crippen molar-refractivity contribution in [2.75, 3.05) is 20.8 Å². The van der Waals surface area contributed by atoms with Gasteiger partial charge in [0.05, 0.1) is 43.4 Å². The van der Waals surface area contributed by atoms with E-state index in [-0.39, 0.29) is 18.0 Å². The molecule has 2 aromatic carbocycles. The fourth-order valence-electron chi connectivity index (χ4n) is 2.88. The van der Waals surface area contributed by atoms with Crippen LogP contribution in [0.15, 0.2) is 47.3 Å². The number of nitrogens with one attached hydrogen (secondary N) is 1. The molecule has 0 fully saturated rings. The molecule has 1 heterocycles. The van der Waals surface area contributed by atoms with Crippen molar-refractivity contribution < 1.29 is 14.3 Å². The van der Waals surface area contributed by atoms with Crippen molar-refractivity contribution in [2.24, 2.45) is 0 Å². The zero-order chi connectivity index (χ0) is 20.1. The van der Waals surface area contributed by atoms with Crippen LogP contribution in [0.5, 0.6) is 5.75 Å². The Morgan fingerprint density at radius 3 is 2.64 bits per heavy atom. The Hall–Kier alpha value is -2.90. The minimum atomic E-state index is -0.347. The van der Waals surface area contributed by atoms with E-state index in [4.69, 9.17) is 21.1 Å². The molecule has 0 radical (unpaired) electrons. The molecule has 8 heteroatoms. The number of halogens is 1. The van der Waals surface area contributed by atoms with Crippen LogP contribution in [-0.4, -0.2) is 36.5 Å². The Bertz CT molecular complexity index is 1060. The average Bonchev–Trinajstić information content (AvgIpc) is 2.72. The van der Waals surface area contributed by atoms with Gasteiger partial charge in [-0.15, -0.1) is 0 Å². The summed E-state index contributed by atoms with van der Waals surface area (Å²) in [5.41, 5.74) is 0.715. The second-order valence-corrected chi connectivity index (χ2v) is 6.48. The number of carbonyl (C=O) groups excluding carboxylic acids is 1. The summed E-state index contributed by atoms with van der Waals surface area (Å²) in [6.45, 7) is 0.822. The van der Waals surface area contributed by atoms with E-state index in [0.29, 0.717) is 46.0 Å². The first-order valence-electron chi connectivity index (χ1n) is 8.64. The molecule has 146 valence electrons. The van der Waals surface area contributed by atoms with Crippen LogP contribution in [0, 0.1) is 0 Å². The molecular weight excluding hydrogens is 382 g/mol. The van der Waals surface area contributed by atoms with Crippen molar-refractivity contribution in [2.45, 2.75) is 13.1 Å². The molecular formula is C20H20ClN3O4. The maximum Gasteiger partial charge on any atom is 0.274 e. The SMILES string of the molecule is COCCn1nc(CNC(=O)c2cc(Cl)ccc2OC)c2ccccc2c1=O. The first-order valence-corrected chi connectivity index (χ1v) is 9.02. The number of nitrogens with zero attached hydrogens (tertiary/aromatic N) is 2. The van der Waals surface area contributed by atoms with Crippen LogP contribution < -0.4 is 15.6 Å². The van der Waals surface area contributed by atoms with Crippen LogP contribution in [0.2, 0.25) is 5.02 Å². The van der Waals surface area contributed by atoms with Gasteiger partial charge in [0, 0.05) is 17.5 Å². The first kappa shape index (κ1) is 19.9. The van der Waals surface area contributed by atoms with Gasteiger partial charge >= 0.3 is 0 Å². The van der Waals surface area contributed by atoms with Gasteiger partial charge in [0.1, 0.15) is 5.75 Å². The number of amides is 1. The highest BCUT2D eigenvalue weighted by atomic mass is 35.5. The van der Waals surface area contributed by atoms with Crippen molar-refractivity contribution in [1.82, 2.24) is 15.1 Å². The fourth-order valence-corrected chi connectivity index (χ4v) is 3.05. The van der Waals surface area contributed by atoms with Gasteiger partial charge in [0.2, 0.25) is 0 Å². The lowest BCUT2D eigenvalue weighted by atomic mass is 10.1. The maximum absolute atomic E-state index is 12.6. The molecule has 0 aliphatic rings. The molecule has 1 N–H and O–H groups in total. The third-order valence-electron chi connectivity index (χ3n) is 4.27. The highest BCUT2D eigenvalue weighted by molar-refractivity contribution is 6.31. The molecule has 28 heavy (non-hydrogen) atoms. The summed E-state index contributed by atoms with van der Waals surface area (Å²) in [4.78, 5) is 25.2. The molecule has 0 saturated carbocycles. The van der Waals surface area contributed by atoms with Gasteiger partial charge in [-0.3, -0.25) is 9.59 Å². The number of carbonyl (C=O) groups is 1. The highest BCUT2D eigenvalue weighted by Crippen LogP contribution is 2.22. The molecule has 0 bridgehead atoms. The van der Waals surface area contributed by atoms with Crippen molar-refractivity contribution in [3.05, 3.63) is 69.1 Å². The predicted octanol–water partition coefficient (Wildman–Crippen LogP) is 2.63. The van der Waals surface area contributed by atoms with E-state index >= 15 is 0 Å². The quantitative estimate of drug-likeness (QED) is 0.658. The summed E-state index contributed by atoms with van der Waals surface area (Å²) >= 11 is 6.00. The van der Waals surface area contributed by atoms with Crippen molar-refractivity contribution in [1.29, 1.82) is 0 Å². The monoisotopic (exact) mass is 401 g/mol. The van der Waals surface area contributed by atoms with E-state index in [1.807, 2.05) is 12.1 Å². The van der Waals surface area contributed by atoms with E-state index in [2.05, 4.69) is 10.4 Å². The van der Waals surface area contributed by atoms with E-state index in [9.17, 15) is 9.59 Å². The molecule has 0 aliphatic carbocycles. The second kappa shape index (κ2) is 8.86. The summed E-state index contributed by atoms with van der Waals surface area (Å²) in [5, 5.41) is 8.91. The largest absolute Gasteiger partial charge is 0.496 e. The molecule has 1 amide bonds. The normalized spacial score (nSPS) is 10.8. The van der Waals surface area contributed by atoms with E-state index in [0.717, 1.165) is 0 Å². The number of hydrogen-bond donors (Lipinski definition) is 1. The molecule has 0 saturated heterocycles. The lowest BCUT2D eigenvalue weighted by molar-refractivity contribution is 0.0947. The van der Waals surface area contributed by atoms with Crippen LogP contribution in [-0.2, 0) is 17.8 Å². The maximum atomic E-state index is 12.6. The summed E-state index contributed by atoms with van der Waals surface area (Å²) in [6.07, 6.45) is 0. The number of benzene rings is 2. The van der Waals surface area contributed by atoms with Crippen LogP contribution in [0.4, 0.5) is 0 Å². The molecule has 0 spiro atoms.